The highest BCUT2D eigenvalue weighted by atomic mass is 79.9. The summed E-state index contributed by atoms with van der Waals surface area (Å²) in [7, 11) is 3.52. The van der Waals surface area contributed by atoms with Gasteiger partial charge in [-0.2, -0.15) is 5.10 Å². The van der Waals surface area contributed by atoms with Gasteiger partial charge in [0.2, 0.25) is 0 Å². The van der Waals surface area contributed by atoms with Gasteiger partial charge in [-0.05, 0) is 45.6 Å². The second kappa shape index (κ2) is 5.25. The number of anilines is 1. The number of hydrogen-bond acceptors (Lipinski definition) is 3. The Morgan fingerprint density at radius 1 is 1.37 bits per heavy atom. The van der Waals surface area contributed by atoms with E-state index < -0.39 is 0 Å². The van der Waals surface area contributed by atoms with Crippen molar-refractivity contribution in [1.82, 2.24) is 9.78 Å². The fourth-order valence-electron chi connectivity index (χ4n) is 2.03. The molecule has 4 nitrogen and oxygen atoms in total. The second-order valence-electron chi connectivity index (χ2n) is 4.78. The van der Waals surface area contributed by atoms with Crippen molar-refractivity contribution in [2.24, 2.45) is 7.05 Å². The Morgan fingerprint density at radius 2 is 2.05 bits per heavy atom. The van der Waals surface area contributed by atoms with Crippen LogP contribution >= 0.6 is 15.9 Å². The maximum atomic E-state index is 5.92. The molecule has 1 aromatic carbocycles. The van der Waals surface area contributed by atoms with E-state index in [0.29, 0.717) is 11.7 Å². The Bertz CT molecular complexity index is 605. The number of methoxy groups -OCH3 is 1. The zero-order valence-electron chi connectivity index (χ0n) is 11.6. The number of halogens is 1. The lowest BCUT2D eigenvalue weighted by Gasteiger charge is -2.13. The van der Waals surface area contributed by atoms with Crippen molar-refractivity contribution in [1.29, 1.82) is 0 Å². The van der Waals surface area contributed by atoms with Gasteiger partial charge in [0.25, 0.3) is 0 Å². The molecule has 0 aliphatic heterocycles. The molecule has 19 heavy (non-hydrogen) atoms. The standard InChI is InChI=1S/C14H18BrN3O/c1-8(2)10-7-9(5-6-11(10)19-4)13-12(15)14(16)18(3)17-13/h5-8H,16H2,1-4H3. The molecule has 0 radical (unpaired) electrons. The van der Waals surface area contributed by atoms with E-state index in [1.165, 1.54) is 0 Å². The van der Waals surface area contributed by atoms with Gasteiger partial charge < -0.3 is 10.5 Å². The molecule has 2 aromatic rings. The third-order valence-corrected chi connectivity index (χ3v) is 3.94. The van der Waals surface area contributed by atoms with Gasteiger partial charge in [-0.25, -0.2) is 0 Å². The molecule has 0 fully saturated rings. The number of nitrogen functional groups attached to an aromatic ring is 1. The van der Waals surface area contributed by atoms with Crippen molar-refractivity contribution < 1.29 is 4.74 Å². The normalized spacial score (nSPS) is 11.1. The number of nitrogens with two attached hydrogens (primary N) is 1. The summed E-state index contributed by atoms with van der Waals surface area (Å²) >= 11 is 3.50. The van der Waals surface area contributed by atoms with E-state index >= 15 is 0 Å². The van der Waals surface area contributed by atoms with Gasteiger partial charge in [-0.3, -0.25) is 4.68 Å². The van der Waals surface area contributed by atoms with Gasteiger partial charge in [0, 0.05) is 12.6 Å². The van der Waals surface area contributed by atoms with Crippen molar-refractivity contribution in [2.45, 2.75) is 19.8 Å². The van der Waals surface area contributed by atoms with Crippen LogP contribution in [0.2, 0.25) is 0 Å². The smallest absolute Gasteiger partial charge is 0.136 e. The summed E-state index contributed by atoms with van der Waals surface area (Å²) in [5, 5.41) is 4.44. The quantitative estimate of drug-likeness (QED) is 0.939. The summed E-state index contributed by atoms with van der Waals surface area (Å²) in [6.07, 6.45) is 0. The fourth-order valence-corrected chi connectivity index (χ4v) is 2.59. The monoisotopic (exact) mass is 323 g/mol. The van der Waals surface area contributed by atoms with Crippen LogP contribution in [0.15, 0.2) is 22.7 Å². The Hall–Kier alpha value is -1.49. The molecule has 0 unspecified atom stereocenters. The minimum Gasteiger partial charge on any atom is -0.496 e. The summed E-state index contributed by atoms with van der Waals surface area (Å²) in [5.41, 5.74) is 8.97. The topological polar surface area (TPSA) is 53.1 Å². The summed E-state index contributed by atoms with van der Waals surface area (Å²) in [5.74, 6) is 1.91. The molecule has 0 atom stereocenters. The van der Waals surface area contributed by atoms with Crippen LogP contribution in [0.4, 0.5) is 5.82 Å². The lowest BCUT2D eigenvalue weighted by Crippen LogP contribution is -1.97. The fraction of sp³-hybridized carbons (Fsp3) is 0.357. The van der Waals surface area contributed by atoms with Gasteiger partial charge in [-0.1, -0.05) is 13.8 Å². The zero-order chi connectivity index (χ0) is 14.2. The van der Waals surface area contributed by atoms with Crippen molar-refractivity contribution in [2.75, 3.05) is 12.8 Å². The Kier molecular flexibility index (Phi) is 3.85. The van der Waals surface area contributed by atoms with E-state index in [2.05, 4.69) is 40.9 Å². The van der Waals surface area contributed by atoms with Crippen LogP contribution in [0.3, 0.4) is 0 Å². The number of aromatic nitrogens is 2. The number of rotatable bonds is 3. The molecule has 2 rings (SSSR count). The summed E-state index contributed by atoms with van der Waals surface area (Å²) in [6, 6.07) is 6.08. The lowest BCUT2D eigenvalue weighted by atomic mass is 9.98. The molecule has 1 heterocycles. The maximum absolute atomic E-state index is 5.92. The van der Waals surface area contributed by atoms with E-state index in [0.717, 1.165) is 27.0 Å². The molecule has 0 spiro atoms. The number of benzene rings is 1. The summed E-state index contributed by atoms with van der Waals surface area (Å²) < 4.78 is 7.89. The van der Waals surface area contributed by atoms with Crippen LogP contribution in [0.1, 0.15) is 25.3 Å². The molecular weight excluding hydrogens is 306 g/mol. The Morgan fingerprint density at radius 3 is 2.53 bits per heavy atom. The largest absolute Gasteiger partial charge is 0.496 e. The number of nitrogens with zero attached hydrogens (tertiary/aromatic N) is 2. The van der Waals surface area contributed by atoms with Crippen molar-refractivity contribution in [3.63, 3.8) is 0 Å². The van der Waals surface area contributed by atoms with Gasteiger partial charge in [0.15, 0.2) is 0 Å². The average Bonchev–Trinajstić information content (AvgIpc) is 2.65. The Labute approximate surface area is 121 Å². The highest BCUT2D eigenvalue weighted by Crippen LogP contribution is 2.35. The summed E-state index contributed by atoms with van der Waals surface area (Å²) in [6.45, 7) is 4.28. The first-order valence-corrected chi connectivity index (χ1v) is 6.91. The molecular formula is C14H18BrN3O. The van der Waals surface area contributed by atoms with Crippen molar-refractivity contribution >= 4 is 21.7 Å². The van der Waals surface area contributed by atoms with Gasteiger partial charge in [-0.15, -0.1) is 0 Å². The molecule has 0 bridgehead atoms. The third-order valence-electron chi connectivity index (χ3n) is 3.16. The van der Waals surface area contributed by atoms with E-state index in [-0.39, 0.29) is 0 Å². The van der Waals surface area contributed by atoms with Crippen molar-refractivity contribution in [3.05, 3.63) is 28.2 Å². The molecule has 2 N–H and O–H groups in total. The van der Waals surface area contributed by atoms with Crippen LogP contribution in [0.25, 0.3) is 11.3 Å². The predicted molar refractivity (Wildman–Crippen MR) is 81.4 cm³/mol. The van der Waals surface area contributed by atoms with Crippen LogP contribution < -0.4 is 10.5 Å². The molecule has 0 aliphatic rings. The van der Waals surface area contributed by atoms with Gasteiger partial charge >= 0.3 is 0 Å². The van der Waals surface area contributed by atoms with Crippen molar-refractivity contribution in [3.8, 4) is 17.0 Å². The van der Waals surface area contributed by atoms with E-state index in [1.54, 1.807) is 11.8 Å². The van der Waals surface area contributed by atoms with Crippen LogP contribution in [0.5, 0.6) is 5.75 Å². The first-order chi connectivity index (χ1) is 8.95. The molecule has 0 aliphatic carbocycles. The highest BCUT2D eigenvalue weighted by Gasteiger charge is 2.15. The third kappa shape index (κ3) is 2.47. The maximum Gasteiger partial charge on any atom is 0.136 e. The van der Waals surface area contributed by atoms with Gasteiger partial charge in [0.1, 0.15) is 17.3 Å². The number of ether oxygens (including phenoxy) is 1. The average molecular weight is 324 g/mol. The van der Waals surface area contributed by atoms with Gasteiger partial charge in [0.05, 0.1) is 11.6 Å². The van der Waals surface area contributed by atoms with Crippen LogP contribution in [-0.4, -0.2) is 16.9 Å². The van der Waals surface area contributed by atoms with E-state index in [4.69, 9.17) is 10.5 Å². The molecule has 0 amide bonds. The SMILES string of the molecule is COc1ccc(-c2nn(C)c(N)c2Br)cc1C(C)C. The number of aryl methyl sites for hydroxylation is 1. The Balaban J connectivity index is 2.57. The molecule has 5 heteroatoms. The summed E-state index contributed by atoms with van der Waals surface area (Å²) in [4.78, 5) is 0. The zero-order valence-corrected chi connectivity index (χ0v) is 13.2. The van der Waals surface area contributed by atoms with E-state index in [1.807, 2.05) is 19.2 Å². The molecule has 0 saturated heterocycles. The molecule has 1 aromatic heterocycles. The molecule has 102 valence electrons. The minimum atomic E-state index is 0.384. The lowest BCUT2D eigenvalue weighted by molar-refractivity contribution is 0.407. The van der Waals surface area contributed by atoms with Crippen LogP contribution in [-0.2, 0) is 7.05 Å². The second-order valence-corrected chi connectivity index (χ2v) is 5.58. The number of hydrogen-bond donors (Lipinski definition) is 1. The minimum absolute atomic E-state index is 0.384. The first kappa shape index (κ1) is 13.9. The highest BCUT2D eigenvalue weighted by molar-refractivity contribution is 9.10. The predicted octanol–water partition coefficient (Wildman–Crippen LogP) is 3.56. The van der Waals surface area contributed by atoms with E-state index in [9.17, 15) is 0 Å². The molecule has 0 saturated carbocycles. The van der Waals surface area contributed by atoms with Crippen LogP contribution in [0, 0.1) is 0 Å². The first-order valence-electron chi connectivity index (χ1n) is 6.12.